The van der Waals surface area contributed by atoms with Crippen LogP contribution >= 0.6 is 11.3 Å². The third-order valence-electron chi connectivity index (χ3n) is 3.26. The van der Waals surface area contributed by atoms with Crippen molar-refractivity contribution < 1.29 is 20.1 Å². The zero-order chi connectivity index (χ0) is 15.3. The average molecular weight is 379 g/mol. The Morgan fingerprint density at radius 1 is 1.48 bits per heavy atom. The van der Waals surface area contributed by atoms with E-state index in [1.54, 1.807) is 0 Å². The van der Waals surface area contributed by atoms with Gasteiger partial charge in [0.15, 0.2) is 0 Å². The minimum atomic E-state index is -1.26. The van der Waals surface area contributed by atoms with Crippen LogP contribution in [0.15, 0.2) is 4.79 Å². The number of ether oxygens (including phenoxy) is 1. The van der Waals surface area contributed by atoms with Crippen LogP contribution in [0.4, 0.5) is 5.95 Å². The quantitative estimate of drug-likeness (QED) is 0.368. The Labute approximate surface area is 129 Å². The van der Waals surface area contributed by atoms with Gasteiger partial charge in [-0.05, 0) is 0 Å². The van der Waals surface area contributed by atoms with Crippen molar-refractivity contribution in [2.45, 2.75) is 24.5 Å². The van der Waals surface area contributed by atoms with Crippen LogP contribution in [0.25, 0.3) is 10.3 Å². The number of aromatic nitrogens is 3. The zero-order valence-corrected chi connectivity index (χ0v) is 13.0. The molecule has 0 saturated carbocycles. The van der Waals surface area contributed by atoms with Crippen LogP contribution in [-0.4, -0.2) is 70.3 Å². The van der Waals surface area contributed by atoms with Gasteiger partial charge >= 0.3 is 129 Å². The molecular formula is C10H12N4O5SSe. The number of aliphatic hydroxyl groups is 3. The number of aliphatic hydroxyl groups excluding tert-OH is 3. The van der Waals surface area contributed by atoms with Crippen LogP contribution in [0.2, 0.25) is 0 Å². The second-order valence-electron chi connectivity index (χ2n) is 4.57. The summed E-state index contributed by atoms with van der Waals surface area (Å²) in [5.74, 6) is -0.0641. The summed E-state index contributed by atoms with van der Waals surface area (Å²) in [5.41, 5.74) is 5.38. The van der Waals surface area contributed by atoms with Gasteiger partial charge in [0.1, 0.15) is 0 Å². The molecule has 21 heavy (non-hydrogen) atoms. The molecule has 3 rings (SSSR count). The van der Waals surface area contributed by atoms with Gasteiger partial charge in [0.2, 0.25) is 0 Å². The van der Waals surface area contributed by atoms with Gasteiger partial charge in [-0.3, -0.25) is 0 Å². The van der Waals surface area contributed by atoms with Crippen molar-refractivity contribution in [2.75, 3.05) is 12.3 Å². The van der Waals surface area contributed by atoms with Gasteiger partial charge in [-0.1, -0.05) is 0 Å². The van der Waals surface area contributed by atoms with Crippen LogP contribution < -0.4 is 11.3 Å². The van der Waals surface area contributed by atoms with E-state index >= 15 is 0 Å². The summed E-state index contributed by atoms with van der Waals surface area (Å²) in [6.45, 7) is -0.434. The number of anilines is 1. The predicted octanol–water partition coefficient (Wildman–Crippen LogP) is -2.32. The molecule has 0 bridgehead atoms. The minimum absolute atomic E-state index is 0.0641. The van der Waals surface area contributed by atoms with E-state index in [9.17, 15) is 15.0 Å². The number of H-pyrrole nitrogens is 1. The maximum absolute atomic E-state index is 11.9. The topological polar surface area (TPSA) is 147 Å². The van der Waals surface area contributed by atoms with Crippen molar-refractivity contribution in [3.63, 3.8) is 0 Å². The van der Waals surface area contributed by atoms with E-state index in [0.717, 1.165) is 11.3 Å². The van der Waals surface area contributed by atoms with Gasteiger partial charge in [-0.2, -0.15) is 0 Å². The third kappa shape index (κ3) is 2.27. The molecule has 1 aliphatic rings. The molecule has 1 fully saturated rings. The van der Waals surface area contributed by atoms with E-state index in [4.69, 9.17) is 15.6 Å². The maximum atomic E-state index is 11.9. The molecule has 3 heterocycles. The van der Waals surface area contributed by atoms with Crippen LogP contribution in [0.5, 0.6) is 0 Å². The van der Waals surface area contributed by atoms with Gasteiger partial charge < -0.3 is 0 Å². The molecule has 6 N–H and O–H groups in total. The van der Waals surface area contributed by atoms with Crippen LogP contribution in [0.1, 0.15) is 6.23 Å². The first-order chi connectivity index (χ1) is 9.93. The van der Waals surface area contributed by atoms with Crippen LogP contribution in [0.3, 0.4) is 0 Å². The Morgan fingerprint density at radius 2 is 2.19 bits per heavy atom. The molecule has 0 radical (unpaired) electrons. The first kappa shape index (κ1) is 14.8. The SMILES string of the molecule is Nc1nc2c(sc(=[Se])n2[C@@H]2O[C@H](CO)[C@@H](O)[C@H]2O)c(=O)[nH]1. The van der Waals surface area contributed by atoms with Crippen molar-refractivity contribution in [3.8, 4) is 0 Å². The normalized spacial score (nSPS) is 29.3. The number of nitrogens with zero attached hydrogens (tertiary/aromatic N) is 2. The molecule has 0 aliphatic carbocycles. The Bertz CT molecular complexity index is 801. The molecule has 0 unspecified atom stereocenters. The Morgan fingerprint density at radius 3 is 2.81 bits per heavy atom. The number of nitrogen functional groups attached to an aromatic ring is 1. The number of hydrogen-bond acceptors (Lipinski definition) is 8. The summed E-state index contributed by atoms with van der Waals surface area (Å²) in [6.07, 6.45) is -4.39. The number of thiazole rings is 1. The molecule has 0 amide bonds. The summed E-state index contributed by atoms with van der Waals surface area (Å²) in [7, 11) is 0. The molecule has 114 valence electrons. The van der Waals surface area contributed by atoms with Crippen molar-refractivity contribution >= 4 is 43.2 Å². The van der Waals surface area contributed by atoms with E-state index in [1.165, 1.54) is 4.57 Å². The molecular weight excluding hydrogens is 367 g/mol. The van der Waals surface area contributed by atoms with Crippen LogP contribution in [0, 0.1) is 3.51 Å². The first-order valence-corrected chi connectivity index (χ1v) is 7.64. The summed E-state index contributed by atoms with van der Waals surface area (Å²) < 4.78 is 7.75. The van der Waals surface area contributed by atoms with Gasteiger partial charge in [-0.15, -0.1) is 0 Å². The Kier molecular flexibility index (Phi) is 3.74. The van der Waals surface area contributed by atoms with Gasteiger partial charge in [0, 0.05) is 0 Å². The number of rotatable bonds is 2. The van der Waals surface area contributed by atoms with Crippen LogP contribution in [-0.2, 0) is 4.74 Å². The molecule has 4 atom stereocenters. The van der Waals surface area contributed by atoms with Crippen molar-refractivity contribution in [1.82, 2.24) is 14.5 Å². The van der Waals surface area contributed by atoms with E-state index in [2.05, 4.69) is 25.5 Å². The third-order valence-corrected chi connectivity index (χ3v) is 5.14. The predicted molar refractivity (Wildman–Crippen MR) is 74.6 cm³/mol. The monoisotopic (exact) mass is 380 g/mol. The standard InChI is InChI=1S/C10H12N4O5SSe/c11-9-12-6-5(7(18)13-9)20-10(21)14(6)8-4(17)3(16)2(1-15)19-8/h2-4,8,15-17H,1H2,(H3,11,12,13,18)/t2-,3-,4-,8-/m1/s1. The zero-order valence-electron chi connectivity index (χ0n) is 10.5. The molecule has 0 aromatic carbocycles. The summed E-state index contributed by atoms with van der Waals surface area (Å²) >= 11 is 3.89. The number of nitrogens with one attached hydrogen (secondary N) is 1. The van der Waals surface area contributed by atoms with Gasteiger partial charge in [-0.25, -0.2) is 0 Å². The number of nitrogens with two attached hydrogens (primary N) is 1. The molecule has 2 aromatic rings. The summed E-state index contributed by atoms with van der Waals surface area (Å²) in [6, 6.07) is 0. The van der Waals surface area contributed by atoms with Gasteiger partial charge in [0.05, 0.1) is 0 Å². The van der Waals surface area contributed by atoms with Crippen molar-refractivity contribution in [1.29, 1.82) is 0 Å². The number of hydrogen-bond donors (Lipinski definition) is 5. The molecule has 9 nitrogen and oxygen atoms in total. The Hall–Kier alpha value is -1.07. The fourth-order valence-corrected chi connectivity index (χ4v) is 4.03. The molecule has 1 aliphatic heterocycles. The van der Waals surface area contributed by atoms with Crippen molar-refractivity contribution in [3.05, 3.63) is 13.9 Å². The summed E-state index contributed by atoms with van der Waals surface area (Å²) in [4.78, 5) is 18.3. The summed E-state index contributed by atoms with van der Waals surface area (Å²) in [5, 5.41) is 29.1. The van der Waals surface area contributed by atoms with E-state index < -0.39 is 36.7 Å². The van der Waals surface area contributed by atoms with E-state index in [0.29, 0.717) is 8.21 Å². The number of aromatic amines is 1. The Balaban J connectivity index is 2.20. The molecule has 11 heteroatoms. The average Bonchev–Trinajstić information content (AvgIpc) is 2.89. The second-order valence-corrected chi connectivity index (χ2v) is 6.96. The number of fused-ring (bicyclic) bond motifs is 1. The van der Waals surface area contributed by atoms with Gasteiger partial charge in [0.25, 0.3) is 0 Å². The van der Waals surface area contributed by atoms with Crippen molar-refractivity contribution in [2.24, 2.45) is 0 Å². The second kappa shape index (κ2) is 5.29. The fraction of sp³-hybridized carbons (Fsp3) is 0.500. The van der Waals surface area contributed by atoms with E-state index in [1.807, 2.05) is 0 Å². The van der Waals surface area contributed by atoms with E-state index in [-0.39, 0.29) is 11.6 Å². The first-order valence-electron chi connectivity index (χ1n) is 5.97. The fourth-order valence-electron chi connectivity index (χ4n) is 2.26. The molecule has 0 spiro atoms. The molecule has 1 saturated heterocycles. The molecule has 2 aromatic heterocycles.